The maximum Gasteiger partial charge on any atom is 0.263 e. The number of anilines is 1. The van der Waals surface area contributed by atoms with Crippen LogP contribution in [-0.2, 0) is 14.6 Å². The predicted molar refractivity (Wildman–Crippen MR) is 103 cm³/mol. The summed E-state index contributed by atoms with van der Waals surface area (Å²) in [5, 5.41) is 2.60. The number of nitrogens with zero attached hydrogens (tertiary/aromatic N) is 1. The van der Waals surface area contributed by atoms with Crippen LogP contribution in [0.25, 0.3) is 0 Å². The van der Waals surface area contributed by atoms with Gasteiger partial charge in [0.2, 0.25) is 9.84 Å². The van der Waals surface area contributed by atoms with Gasteiger partial charge in [-0.2, -0.15) is 0 Å². The topological polar surface area (TPSA) is 94.6 Å². The molecule has 3 aromatic rings. The smallest absolute Gasteiger partial charge is 0.263 e. The van der Waals surface area contributed by atoms with Gasteiger partial charge < -0.3 is 14.8 Å². The summed E-state index contributed by atoms with van der Waals surface area (Å²) in [5.41, 5.74) is 0. The number of benzene rings is 2. The largest absolute Gasteiger partial charge is 0.497 e. The molecule has 7 nitrogen and oxygen atoms in total. The van der Waals surface area contributed by atoms with Crippen LogP contribution in [0.5, 0.6) is 11.5 Å². The van der Waals surface area contributed by atoms with Gasteiger partial charge in [0.05, 0.1) is 16.9 Å². The molecular weight excluding hydrogens is 380 g/mol. The van der Waals surface area contributed by atoms with Crippen molar-refractivity contribution in [1.82, 2.24) is 4.98 Å². The van der Waals surface area contributed by atoms with Crippen LogP contribution in [0.3, 0.4) is 0 Å². The second-order valence-electron chi connectivity index (χ2n) is 5.70. The molecule has 0 aliphatic heterocycles. The lowest BCUT2D eigenvalue weighted by Gasteiger charge is -2.09. The minimum Gasteiger partial charge on any atom is -0.497 e. The van der Waals surface area contributed by atoms with E-state index in [2.05, 4.69) is 10.3 Å². The second-order valence-corrected chi connectivity index (χ2v) is 7.65. The van der Waals surface area contributed by atoms with Crippen LogP contribution >= 0.6 is 0 Å². The molecule has 1 amide bonds. The monoisotopic (exact) mass is 398 g/mol. The van der Waals surface area contributed by atoms with Crippen LogP contribution in [0.4, 0.5) is 5.82 Å². The number of hydrogen-bond acceptors (Lipinski definition) is 6. The Bertz CT molecular complexity index is 1030. The van der Waals surface area contributed by atoms with Crippen LogP contribution in [0.15, 0.2) is 82.7 Å². The van der Waals surface area contributed by atoms with E-state index < -0.39 is 9.84 Å². The zero-order valence-corrected chi connectivity index (χ0v) is 15.8. The quantitative estimate of drug-likeness (QED) is 0.658. The van der Waals surface area contributed by atoms with E-state index in [4.69, 9.17) is 9.47 Å². The fraction of sp³-hybridized carbons (Fsp3) is 0.100. The highest BCUT2D eigenvalue weighted by molar-refractivity contribution is 7.91. The number of pyridine rings is 1. The molecule has 0 spiro atoms. The number of aromatic nitrogens is 1. The van der Waals surface area contributed by atoms with Crippen molar-refractivity contribution in [1.29, 1.82) is 0 Å². The zero-order valence-electron chi connectivity index (χ0n) is 15.0. The van der Waals surface area contributed by atoms with Gasteiger partial charge in [-0.25, -0.2) is 13.4 Å². The minimum atomic E-state index is -3.65. The molecule has 0 saturated carbocycles. The highest BCUT2D eigenvalue weighted by Crippen LogP contribution is 2.24. The van der Waals surface area contributed by atoms with E-state index in [9.17, 15) is 13.2 Å². The summed E-state index contributed by atoms with van der Waals surface area (Å²) in [6.45, 7) is -0.221. The number of methoxy groups -OCH3 is 1. The lowest BCUT2D eigenvalue weighted by molar-refractivity contribution is -0.118. The number of nitrogens with one attached hydrogen (secondary N) is 1. The van der Waals surface area contributed by atoms with E-state index >= 15 is 0 Å². The molecule has 0 aliphatic rings. The van der Waals surface area contributed by atoms with Crippen LogP contribution in [0.1, 0.15) is 0 Å². The summed E-state index contributed by atoms with van der Waals surface area (Å²) in [4.78, 5) is 16.1. The molecule has 0 saturated heterocycles. The Balaban J connectivity index is 1.63. The van der Waals surface area contributed by atoms with Gasteiger partial charge in [-0.15, -0.1) is 0 Å². The number of carbonyl (C=O) groups is 1. The van der Waals surface area contributed by atoms with Gasteiger partial charge in [0.15, 0.2) is 6.61 Å². The SMILES string of the molecule is COc1ccc(S(=O)(=O)c2ccc(OCC(=O)Nc3ccccn3)cc2)cc1. The number of sulfone groups is 1. The molecule has 1 aromatic heterocycles. The molecule has 1 N–H and O–H groups in total. The van der Waals surface area contributed by atoms with Crippen LogP contribution < -0.4 is 14.8 Å². The third kappa shape index (κ3) is 4.66. The first kappa shape index (κ1) is 19.4. The number of amides is 1. The molecule has 2 aromatic carbocycles. The first-order valence-corrected chi connectivity index (χ1v) is 9.80. The van der Waals surface area contributed by atoms with Crippen molar-refractivity contribution < 1.29 is 22.7 Å². The Kier molecular flexibility index (Phi) is 5.90. The van der Waals surface area contributed by atoms with Gasteiger partial charge in [0.25, 0.3) is 5.91 Å². The number of carbonyl (C=O) groups excluding carboxylic acids is 1. The van der Waals surface area contributed by atoms with Gasteiger partial charge >= 0.3 is 0 Å². The van der Waals surface area contributed by atoms with Gasteiger partial charge in [0, 0.05) is 6.20 Å². The molecule has 0 atom stereocenters. The third-order valence-corrected chi connectivity index (χ3v) is 5.59. The Morgan fingerprint density at radius 3 is 2.07 bits per heavy atom. The lowest BCUT2D eigenvalue weighted by Crippen LogP contribution is -2.20. The summed E-state index contributed by atoms with van der Waals surface area (Å²) in [6, 6.07) is 17.2. The molecule has 0 aliphatic carbocycles. The molecular formula is C20H18N2O5S. The fourth-order valence-electron chi connectivity index (χ4n) is 2.37. The normalized spacial score (nSPS) is 10.9. The van der Waals surface area contributed by atoms with Gasteiger partial charge in [-0.05, 0) is 60.7 Å². The van der Waals surface area contributed by atoms with Gasteiger partial charge in [-0.1, -0.05) is 6.07 Å². The van der Waals surface area contributed by atoms with Crippen molar-refractivity contribution in [2.75, 3.05) is 19.0 Å². The minimum absolute atomic E-state index is 0.128. The Morgan fingerprint density at radius 1 is 0.929 bits per heavy atom. The summed E-state index contributed by atoms with van der Waals surface area (Å²) in [5.74, 6) is 1.02. The Hall–Kier alpha value is -3.39. The van der Waals surface area contributed by atoms with Crippen molar-refractivity contribution in [3.05, 3.63) is 72.9 Å². The van der Waals surface area contributed by atoms with Crippen LogP contribution in [0, 0.1) is 0 Å². The molecule has 144 valence electrons. The first-order valence-electron chi connectivity index (χ1n) is 8.32. The van der Waals surface area contributed by atoms with Crippen molar-refractivity contribution in [2.45, 2.75) is 9.79 Å². The van der Waals surface area contributed by atoms with E-state index in [1.54, 1.807) is 36.5 Å². The standard InChI is InChI=1S/C20H18N2O5S/c1-26-15-5-9-17(10-6-15)28(24,25)18-11-7-16(8-12-18)27-14-20(23)22-19-4-2-3-13-21-19/h2-13H,14H2,1H3,(H,21,22,23). The average Bonchev–Trinajstić information content (AvgIpc) is 2.73. The van der Waals surface area contributed by atoms with Crippen LogP contribution in [-0.4, -0.2) is 33.0 Å². The van der Waals surface area contributed by atoms with E-state index in [-0.39, 0.29) is 22.3 Å². The summed E-state index contributed by atoms with van der Waals surface area (Å²) in [6.07, 6.45) is 1.57. The molecule has 1 heterocycles. The van der Waals surface area contributed by atoms with Crippen molar-refractivity contribution in [2.24, 2.45) is 0 Å². The average molecular weight is 398 g/mol. The third-order valence-electron chi connectivity index (χ3n) is 3.81. The fourth-order valence-corrected chi connectivity index (χ4v) is 3.63. The molecule has 0 radical (unpaired) electrons. The van der Waals surface area contributed by atoms with E-state index in [1.807, 2.05) is 0 Å². The zero-order chi connectivity index (χ0) is 20.0. The first-order chi connectivity index (χ1) is 13.5. The van der Waals surface area contributed by atoms with Gasteiger partial charge in [-0.3, -0.25) is 4.79 Å². The molecule has 28 heavy (non-hydrogen) atoms. The molecule has 0 fully saturated rings. The number of ether oxygens (including phenoxy) is 2. The maximum absolute atomic E-state index is 12.7. The number of rotatable bonds is 7. The summed E-state index contributed by atoms with van der Waals surface area (Å²) >= 11 is 0. The maximum atomic E-state index is 12.7. The predicted octanol–water partition coefficient (Wildman–Crippen LogP) is 2.94. The van der Waals surface area contributed by atoms with E-state index in [0.717, 1.165) is 0 Å². The number of hydrogen-bond donors (Lipinski definition) is 1. The Morgan fingerprint density at radius 2 is 1.54 bits per heavy atom. The van der Waals surface area contributed by atoms with Gasteiger partial charge in [0.1, 0.15) is 17.3 Å². The van der Waals surface area contributed by atoms with Crippen molar-refractivity contribution in [3.63, 3.8) is 0 Å². The van der Waals surface area contributed by atoms with E-state index in [0.29, 0.717) is 17.3 Å². The highest BCUT2D eigenvalue weighted by Gasteiger charge is 2.17. The molecule has 8 heteroatoms. The van der Waals surface area contributed by atoms with E-state index in [1.165, 1.54) is 43.5 Å². The van der Waals surface area contributed by atoms with Crippen molar-refractivity contribution in [3.8, 4) is 11.5 Å². The van der Waals surface area contributed by atoms with Crippen molar-refractivity contribution >= 4 is 21.6 Å². The lowest BCUT2D eigenvalue weighted by atomic mass is 10.3. The summed E-state index contributed by atoms with van der Waals surface area (Å²) in [7, 11) is -2.14. The molecule has 0 unspecified atom stereocenters. The molecule has 3 rings (SSSR count). The molecule has 0 bridgehead atoms. The Labute approximate surface area is 162 Å². The second kappa shape index (κ2) is 8.53. The van der Waals surface area contributed by atoms with Crippen LogP contribution in [0.2, 0.25) is 0 Å². The highest BCUT2D eigenvalue weighted by atomic mass is 32.2. The summed E-state index contributed by atoms with van der Waals surface area (Å²) < 4.78 is 35.8.